The Balaban J connectivity index is 0.690. The maximum Gasteiger partial charge on any atom is 0.413 e. The molecule has 0 spiro atoms. The summed E-state index contributed by atoms with van der Waals surface area (Å²) < 4.78 is 64.0. The summed E-state index contributed by atoms with van der Waals surface area (Å²) in [6, 6.07) is 19.5. The number of hydrogen-bond acceptors (Lipinski definition) is 17. The predicted octanol–water partition coefficient (Wildman–Crippen LogP) is 7.88. The molecule has 2 aliphatic carbocycles. The van der Waals surface area contributed by atoms with E-state index >= 15 is 0 Å². The molecule has 6 N–H and O–H groups in total. The van der Waals surface area contributed by atoms with Gasteiger partial charge in [-0.1, -0.05) is 51.1 Å². The zero-order chi connectivity index (χ0) is 65.7. The minimum atomic E-state index is -2.88. The van der Waals surface area contributed by atoms with E-state index < -0.39 is 53.6 Å². The van der Waals surface area contributed by atoms with Crippen LogP contribution in [0.2, 0.25) is 0 Å². The highest BCUT2D eigenvalue weighted by atomic mass is 19.3. The third kappa shape index (κ3) is 18.2. The molecule has 4 aliphatic rings. The number of hydrazine groups is 1. The summed E-state index contributed by atoms with van der Waals surface area (Å²) in [5.41, 5.74) is 3.71. The second kappa shape index (κ2) is 30.8. The molecule has 4 heterocycles. The molecular weight excluding hydrogens is 1190 g/mol. The summed E-state index contributed by atoms with van der Waals surface area (Å²) in [5, 5.41) is 20.3. The Morgan fingerprint density at radius 3 is 2.21 bits per heavy atom. The second-order valence-corrected chi connectivity index (χ2v) is 25.4. The fourth-order valence-electron chi connectivity index (χ4n) is 11.0. The smallest absolute Gasteiger partial charge is 0.413 e. The van der Waals surface area contributed by atoms with Crippen molar-refractivity contribution in [3.8, 4) is 17.2 Å². The van der Waals surface area contributed by atoms with E-state index in [1.54, 1.807) is 75.0 Å². The van der Waals surface area contributed by atoms with Gasteiger partial charge in [0.05, 0.1) is 63.1 Å². The number of carbonyl (C=O) groups excluding carboxylic acids is 6. The largest absolute Gasteiger partial charge is 0.491 e. The Kier molecular flexibility index (Phi) is 22.8. The molecule has 0 radical (unpaired) electrons. The van der Waals surface area contributed by atoms with Gasteiger partial charge in [-0.2, -0.15) is 0 Å². The van der Waals surface area contributed by atoms with Gasteiger partial charge in [-0.05, 0) is 149 Å². The summed E-state index contributed by atoms with van der Waals surface area (Å²) in [6.45, 7) is 15.2. The fraction of sp³-hybridized carbons (Fsp3) is 0.493. The number of ether oxygens (including phenoxy) is 5. The molecule has 1 fully saturated rings. The maximum atomic E-state index is 15.0. The lowest BCUT2D eigenvalue weighted by Gasteiger charge is -2.41. The lowest BCUT2D eigenvalue weighted by molar-refractivity contribution is -0.147. The van der Waals surface area contributed by atoms with E-state index in [-0.39, 0.29) is 98.2 Å². The van der Waals surface area contributed by atoms with Crippen LogP contribution in [0.15, 0.2) is 108 Å². The molecule has 1 saturated carbocycles. The number of anilines is 2. The van der Waals surface area contributed by atoms with Crippen molar-refractivity contribution < 1.29 is 65.6 Å². The third-order valence-corrected chi connectivity index (χ3v) is 16.2. The topological polar surface area (TPSA) is 269 Å². The van der Waals surface area contributed by atoms with Crippen LogP contribution in [-0.2, 0) is 52.7 Å². The molecule has 494 valence electrons. The van der Waals surface area contributed by atoms with Gasteiger partial charge in [0.15, 0.2) is 5.69 Å². The first-order valence-corrected chi connectivity index (χ1v) is 31.3. The monoisotopic (exact) mass is 1270 g/mol. The lowest BCUT2D eigenvalue weighted by Crippen LogP contribution is -2.62. The molecule has 2 aliphatic heterocycles. The number of benzene rings is 3. The van der Waals surface area contributed by atoms with Crippen LogP contribution in [0.1, 0.15) is 123 Å². The zero-order valence-corrected chi connectivity index (χ0v) is 53.5. The van der Waals surface area contributed by atoms with E-state index in [0.717, 1.165) is 55.1 Å². The van der Waals surface area contributed by atoms with Crippen LogP contribution in [0.25, 0.3) is 11.5 Å². The van der Waals surface area contributed by atoms with Crippen LogP contribution in [0.5, 0.6) is 5.75 Å². The zero-order valence-electron chi connectivity index (χ0n) is 53.5. The molecule has 3 aromatic carbocycles. The number of rotatable bonds is 28. The number of aryl methyl sites for hydroxylation is 1. The number of alkyl halides is 2. The normalized spacial score (nSPS) is 18.0. The van der Waals surface area contributed by atoms with E-state index in [4.69, 9.17) is 28.1 Å². The number of halogens is 2. The molecule has 92 heavy (non-hydrogen) atoms. The van der Waals surface area contributed by atoms with E-state index in [0.29, 0.717) is 55.4 Å². The summed E-state index contributed by atoms with van der Waals surface area (Å²) >= 11 is 0. The minimum absolute atomic E-state index is 0.0299. The van der Waals surface area contributed by atoms with Crippen molar-refractivity contribution in [1.29, 1.82) is 0 Å². The van der Waals surface area contributed by atoms with Gasteiger partial charge in [-0.3, -0.25) is 34.3 Å². The van der Waals surface area contributed by atoms with Crippen molar-refractivity contribution in [3.63, 3.8) is 0 Å². The molecular formula is C67H85F2N11O12. The molecule has 0 bridgehead atoms. The standard InChI is InChI=1S/C67H85F2N11O12/c1-41(70-8)59(81)77-57(66(2,3)4)64(85)78-38-47-34-49(23-20-45(47)35-54(78)62(84)73-51-15-11-13-43-12-9-10-14-50(43)51)90-33-32-89-31-30-88-29-28-87-27-26-72-60(82)44-18-21-48(22-19-44)79-39-52(56(58(68)69)80(79)37-42-16-17-42)74-61(83)53-40-91-63(75-53)46-24-25-71-55(36-46)76-65(86)92-67(5,6)7/h9-10,12,14,18-25,34,36,39-42,51,54,56-58,70H,11,13,15-17,26-33,35,37-38H2,1-8H3,(H,72,82)(H,73,84)(H,74,83)(H,77,81)(H,71,76,86)/t41-,51+,54-,56?,57+/m0/s1. The molecule has 1 unspecified atom stereocenters. The Bertz CT molecular complexity index is 3420. The summed E-state index contributed by atoms with van der Waals surface area (Å²) in [6.07, 6.45) is 5.13. The lowest BCUT2D eigenvalue weighted by atomic mass is 9.83. The number of hydrogen-bond donors (Lipinski definition) is 6. The van der Waals surface area contributed by atoms with Gasteiger partial charge in [0.2, 0.25) is 23.6 Å². The molecule has 5 aromatic rings. The molecule has 25 heteroatoms. The summed E-state index contributed by atoms with van der Waals surface area (Å²) in [7, 11) is 1.68. The van der Waals surface area contributed by atoms with Crippen LogP contribution >= 0.6 is 0 Å². The Morgan fingerprint density at radius 1 is 0.793 bits per heavy atom. The minimum Gasteiger partial charge on any atom is -0.491 e. The first-order chi connectivity index (χ1) is 44.0. The highest BCUT2D eigenvalue weighted by molar-refractivity contribution is 5.96. The average molecular weight is 1270 g/mol. The van der Waals surface area contributed by atoms with Gasteiger partial charge in [-0.25, -0.2) is 28.6 Å². The number of fused-ring (bicyclic) bond motifs is 2. The molecule has 5 atom stereocenters. The second-order valence-electron chi connectivity index (χ2n) is 25.4. The number of likely N-dealkylation sites (N-methyl/N-ethyl adjacent to an activating group) is 1. The summed E-state index contributed by atoms with van der Waals surface area (Å²) in [5.74, 6) is -1.05. The predicted molar refractivity (Wildman–Crippen MR) is 338 cm³/mol. The van der Waals surface area contributed by atoms with Crippen molar-refractivity contribution in [2.24, 2.45) is 11.3 Å². The fourth-order valence-corrected chi connectivity index (χ4v) is 11.0. The van der Waals surface area contributed by atoms with Gasteiger partial charge in [0.1, 0.15) is 48.2 Å². The van der Waals surface area contributed by atoms with Gasteiger partial charge in [-0.15, -0.1) is 0 Å². The Hall–Kier alpha value is -8.36. The first kappa shape index (κ1) is 68.0. The third-order valence-electron chi connectivity index (χ3n) is 16.2. The van der Waals surface area contributed by atoms with E-state index in [1.807, 2.05) is 51.1 Å². The van der Waals surface area contributed by atoms with Crippen LogP contribution in [-0.4, -0.2) is 158 Å². The summed E-state index contributed by atoms with van der Waals surface area (Å²) in [4.78, 5) is 91.3. The number of aromatic nitrogens is 2. The van der Waals surface area contributed by atoms with Gasteiger partial charge < -0.3 is 59.6 Å². The quantitative estimate of drug-likeness (QED) is 0.0260. The number of carbonyl (C=O) groups is 6. The first-order valence-electron chi connectivity index (χ1n) is 31.3. The number of nitrogens with zero attached hydrogens (tertiary/aromatic N) is 5. The van der Waals surface area contributed by atoms with Crippen molar-refractivity contribution in [2.75, 3.05) is 76.7 Å². The molecule has 0 saturated heterocycles. The van der Waals surface area contributed by atoms with Crippen molar-refractivity contribution in [2.45, 2.75) is 136 Å². The van der Waals surface area contributed by atoms with E-state index in [2.05, 4.69) is 54.0 Å². The highest BCUT2D eigenvalue weighted by Gasteiger charge is 2.45. The van der Waals surface area contributed by atoms with Crippen LogP contribution < -0.4 is 41.6 Å². The van der Waals surface area contributed by atoms with E-state index in [1.165, 1.54) is 29.0 Å². The average Bonchev–Trinajstić information content (AvgIpc) is 1.32. The highest BCUT2D eigenvalue weighted by Crippen LogP contribution is 2.38. The van der Waals surface area contributed by atoms with Gasteiger partial charge in [0.25, 0.3) is 18.2 Å². The number of nitrogens with one attached hydrogen (secondary N) is 6. The number of pyridine rings is 1. The number of amides is 6. The molecule has 6 amide bonds. The van der Waals surface area contributed by atoms with Crippen molar-refractivity contribution in [1.82, 2.24) is 46.5 Å². The molecule has 23 nitrogen and oxygen atoms in total. The Labute approximate surface area is 535 Å². The molecule has 2 aromatic heterocycles. The van der Waals surface area contributed by atoms with Gasteiger partial charge >= 0.3 is 6.09 Å². The van der Waals surface area contributed by atoms with Crippen LogP contribution in [0.4, 0.5) is 25.1 Å². The van der Waals surface area contributed by atoms with E-state index in [9.17, 15) is 37.5 Å². The van der Waals surface area contributed by atoms with Gasteiger partial charge in [0, 0.05) is 49.6 Å². The van der Waals surface area contributed by atoms with Crippen LogP contribution in [0, 0.1) is 11.3 Å². The van der Waals surface area contributed by atoms with Crippen molar-refractivity contribution >= 4 is 47.1 Å². The SMILES string of the molecule is CN[C@@H](C)C(=O)N[C@H](C(=O)N1Cc2cc(OCCOCCOCCOCCNC(=O)c3ccc(N4C=C(NC(=O)c5coc(-c6ccnc(NC(=O)OC(C)(C)C)c6)n5)C(C(F)F)N4CC4CC4)cc3)ccc2C[C@H]1C(=O)N[C@@H]1CCCc2ccccc21)C(C)(C)C. The van der Waals surface area contributed by atoms with Crippen molar-refractivity contribution in [3.05, 3.63) is 137 Å². The maximum absolute atomic E-state index is 15.0. The van der Waals surface area contributed by atoms with Crippen LogP contribution in [0.3, 0.4) is 0 Å². The Morgan fingerprint density at radius 2 is 1.51 bits per heavy atom. The number of oxazole rings is 1. The molecule has 9 rings (SSSR count).